The van der Waals surface area contributed by atoms with Crippen LogP contribution in [0.1, 0.15) is 30.0 Å². The molecule has 1 atom stereocenters. The molecule has 4 rings (SSSR count). The number of ether oxygens (including phenoxy) is 3. The number of hydrogen-bond acceptors (Lipinski definition) is 5. The molecular formula is C27H24F7NO5. The molecule has 0 spiro atoms. The van der Waals surface area contributed by atoms with E-state index in [2.05, 4.69) is 4.74 Å². The molecule has 0 amide bonds. The van der Waals surface area contributed by atoms with E-state index in [0.717, 1.165) is 18.2 Å². The van der Waals surface area contributed by atoms with E-state index >= 15 is 0 Å². The zero-order chi connectivity index (χ0) is 29.2. The minimum absolute atomic E-state index is 0.0918. The van der Waals surface area contributed by atoms with Crippen LogP contribution in [0.25, 0.3) is 6.08 Å². The third-order valence-corrected chi connectivity index (χ3v) is 6.31. The fourth-order valence-electron chi connectivity index (χ4n) is 4.25. The van der Waals surface area contributed by atoms with E-state index in [9.17, 15) is 40.6 Å². The molecule has 0 saturated carbocycles. The lowest BCUT2D eigenvalue weighted by atomic mass is 10.0. The highest BCUT2D eigenvalue weighted by Crippen LogP contribution is 2.37. The molecule has 0 fully saturated rings. The number of hydrogen-bond donors (Lipinski definition) is 1. The third kappa shape index (κ3) is 7.06. The van der Waals surface area contributed by atoms with E-state index in [1.54, 1.807) is 12.2 Å². The van der Waals surface area contributed by atoms with E-state index in [1.807, 2.05) is 4.90 Å². The first-order valence-corrected chi connectivity index (χ1v) is 12.1. The number of carbonyl (C=O) groups is 1. The Hall–Kier alpha value is -3.74. The van der Waals surface area contributed by atoms with Gasteiger partial charge in [0.05, 0.1) is 11.1 Å². The van der Waals surface area contributed by atoms with Gasteiger partial charge in [0.25, 0.3) is 0 Å². The van der Waals surface area contributed by atoms with E-state index in [1.165, 1.54) is 6.07 Å². The fraction of sp³-hybridized carbons (Fsp3) is 0.370. The van der Waals surface area contributed by atoms with Gasteiger partial charge in [-0.1, -0.05) is 12.1 Å². The zero-order valence-corrected chi connectivity index (χ0v) is 21.0. The van der Waals surface area contributed by atoms with Crippen LogP contribution < -0.4 is 14.2 Å². The quantitative estimate of drug-likeness (QED) is 0.376. The minimum Gasteiger partial charge on any atom is -0.489 e. The number of benzene rings is 2. The molecule has 1 N–H and O–H groups in total. The van der Waals surface area contributed by atoms with E-state index in [4.69, 9.17) is 9.47 Å². The van der Waals surface area contributed by atoms with Gasteiger partial charge in [-0.05, 0) is 37.1 Å². The predicted molar refractivity (Wildman–Crippen MR) is 129 cm³/mol. The lowest BCUT2D eigenvalue weighted by molar-refractivity contribution is -0.189. The molecule has 2 aromatic carbocycles. The first-order chi connectivity index (χ1) is 18.7. The summed E-state index contributed by atoms with van der Waals surface area (Å²) in [4.78, 5) is 13.1. The Bertz CT molecular complexity index is 1330. The van der Waals surface area contributed by atoms with Crippen LogP contribution in [0, 0.1) is 5.82 Å². The molecule has 0 bridgehead atoms. The summed E-state index contributed by atoms with van der Waals surface area (Å²) >= 11 is 0. The van der Waals surface area contributed by atoms with Crippen LogP contribution in [0.15, 0.2) is 47.6 Å². The average molecular weight is 575 g/mol. The second-order valence-electron chi connectivity index (χ2n) is 9.35. The molecule has 0 unspecified atom stereocenters. The summed E-state index contributed by atoms with van der Waals surface area (Å²) in [7, 11) is 0. The monoisotopic (exact) mass is 575 g/mol. The van der Waals surface area contributed by atoms with Crippen LogP contribution in [-0.4, -0.2) is 54.5 Å². The topological polar surface area (TPSA) is 68.2 Å². The van der Waals surface area contributed by atoms with E-state index in [0.29, 0.717) is 38.1 Å². The maximum atomic E-state index is 14.9. The van der Waals surface area contributed by atoms with E-state index < -0.39 is 53.7 Å². The van der Waals surface area contributed by atoms with Crippen molar-refractivity contribution in [2.24, 2.45) is 0 Å². The maximum Gasteiger partial charge on any atom is 0.425 e. The van der Waals surface area contributed by atoms with Gasteiger partial charge in [-0.3, -0.25) is 4.90 Å². The molecule has 6 nitrogen and oxygen atoms in total. The van der Waals surface area contributed by atoms with Gasteiger partial charge in [0, 0.05) is 42.9 Å². The largest absolute Gasteiger partial charge is 0.489 e. The smallest absolute Gasteiger partial charge is 0.425 e. The summed E-state index contributed by atoms with van der Waals surface area (Å²) in [6, 6.07) is 4.68. The van der Waals surface area contributed by atoms with Crippen molar-refractivity contribution >= 4 is 12.0 Å². The minimum atomic E-state index is -4.92. The number of rotatable bonds is 8. The molecule has 0 aliphatic carbocycles. The van der Waals surface area contributed by atoms with Crippen LogP contribution in [0.5, 0.6) is 17.2 Å². The molecular weight excluding hydrogens is 551 g/mol. The van der Waals surface area contributed by atoms with Crippen molar-refractivity contribution in [3.63, 3.8) is 0 Å². The first kappa shape index (κ1) is 29.2. The van der Waals surface area contributed by atoms with Gasteiger partial charge in [0.2, 0.25) is 0 Å². The van der Waals surface area contributed by atoms with Gasteiger partial charge >= 0.3 is 18.3 Å². The van der Waals surface area contributed by atoms with Crippen molar-refractivity contribution in [2.45, 2.75) is 38.4 Å². The lowest BCUT2D eigenvalue weighted by Crippen LogP contribution is -2.35. The Kier molecular flexibility index (Phi) is 8.33. The highest BCUT2D eigenvalue weighted by Gasteiger charge is 2.39. The average Bonchev–Trinajstić information content (AvgIpc) is 2.87. The Morgan fingerprint density at radius 1 is 1.12 bits per heavy atom. The fourth-order valence-corrected chi connectivity index (χ4v) is 4.25. The number of fused-ring (bicyclic) bond motifs is 1. The van der Waals surface area contributed by atoms with Crippen LogP contribution in [-0.2, 0) is 17.6 Å². The molecule has 13 heteroatoms. The summed E-state index contributed by atoms with van der Waals surface area (Å²) in [5, 5.41) is 9.20. The van der Waals surface area contributed by atoms with Crippen molar-refractivity contribution in [3.05, 3.63) is 70.1 Å². The second kappa shape index (κ2) is 11.4. The van der Waals surface area contributed by atoms with E-state index in [-0.39, 0.29) is 35.8 Å². The first-order valence-electron chi connectivity index (χ1n) is 12.1. The van der Waals surface area contributed by atoms with Crippen LogP contribution in [0.2, 0.25) is 0 Å². The number of alkyl halides is 6. The molecule has 2 aliphatic heterocycles. The maximum absolute atomic E-state index is 14.9. The SMILES string of the molecule is C[C@H](Oc1ccc(COc2cc(F)c3c(c2)OCC(CN2CCC=C(C(=O)O)C2)=C3)c(C(F)(F)F)c1)C(F)(F)F. The normalized spacial score (nSPS) is 16.8. The summed E-state index contributed by atoms with van der Waals surface area (Å²) in [6.07, 6.45) is -8.18. The Morgan fingerprint density at radius 2 is 1.88 bits per heavy atom. The van der Waals surface area contributed by atoms with Gasteiger partial charge in [0.1, 0.15) is 36.3 Å². The molecule has 0 saturated heterocycles. The molecule has 216 valence electrons. The standard InChI is InChI=1S/C27H24F7NO5/c1-15(26(29,30)31)40-19-5-4-18(22(8-19)27(32,33)34)14-38-20-9-23(28)21-7-16(13-39-24(21)10-20)11-35-6-2-3-17(12-35)25(36)37/h3-5,7-10,15H,2,6,11-14H2,1H3,(H,36,37)/t15-/m0/s1. The number of aliphatic carboxylic acids is 1. The number of carboxylic acids is 1. The molecule has 2 aliphatic rings. The van der Waals surface area contributed by atoms with Crippen LogP contribution in [0.3, 0.4) is 0 Å². The van der Waals surface area contributed by atoms with Crippen molar-refractivity contribution in [2.75, 3.05) is 26.2 Å². The highest BCUT2D eigenvalue weighted by atomic mass is 19.4. The second-order valence-corrected chi connectivity index (χ2v) is 9.35. The zero-order valence-electron chi connectivity index (χ0n) is 21.0. The molecule has 0 aromatic heterocycles. The Morgan fingerprint density at radius 3 is 2.55 bits per heavy atom. The number of halogens is 7. The highest BCUT2D eigenvalue weighted by molar-refractivity contribution is 5.87. The predicted octanol–water partition coefficient (Wildman–Crippen LogP) is 6.25. The summed E-state index contributed by atoms with van der Waals surface area (Å²) in [5.41, 5.74) is -0.527. The van der Waals surface area contributed by atoms with Gasteiger partial charge in [-0.2, -0.15) is 26.3 Å². The lowest BCUT2D eigenvalue weighted by Gasteiger charge is -2.28. The summed E-state index contributed by atoms with van der Waals surface area (Å²) in [5.74, 6) is -2.35. The third-order valence-electron chi connectivity index (χ3n) is 6.31. The van der Waals surface area contributed by atoms with Gasteiger partial charge in [-0.25, -0.2) is 9.18 Å². The van der Waals surface area contributed by atoms with Crippen molar-refractivity contribution in [1.82, 2.24) is 4.90 Å². The van der Waals surface area contributed by atoms with Crippen molar-refractivity contribution in [1.29, 1.82) is 0 Å². The Labute approximate surface area is 224 Å². The number of nitrogens with zero attached hydrogens (tertiary/aromatic N) is 1. The molecule has 40 heavy (non-hydrogen) atoms. The molecule has 0 radical (unpaired) electrons. The number of carboxylic acid groups (broad SMARTS) is 1. The van der Waals surface area contributed by atoms with Gasteiger partial charge in [-0.15, -0.1) is 0 Å². The molecule has 2 heterocycles. The summed E-state index contributed by atoms with van der Waals surface area (Å²) < 4.78 is 110. The van der Waals surface area contributed by atoms with Crippen molar-refractivity contribution in [3.8, 4) is 17.2 Å². The Balaban J connectivity index is 1.47. The van der Waals surface area contributed by atoms with Gasteiger partial charge < -0.3 is 19.3 Å². The van der Waals surface area contributed by atoms with Crippen molar-refractivity contribution < 1.29 is 54.8 Å². The summed E-state index contributed by atoms with van der Waals surface area (Å²) in [6.45, 7) is 1.35. The van der Waals surface area contributed by atoms with Crippen LogP contribution >= 0.6 is 0 Å². The molecule has 2 aromatic rings. The van der Waals surface area contributed by atoms with Crippen LogP contribution in [0.4, 0.5) is 30.7 Å². The van der Waals surface area contributed by atoms with Gasteiger partial charge in [0.15, 0.2) is 6.10 Å².